The minimum atomic E-state index is -4.32. The van der Waals surface area contributed by atoms with E-state index in [4.69, 9.17) is 0 Å². The third-order valence-electron chi connectivity index (χ3n) is 1.89. The van der Waals surface area contributed by atoms with Crippen LogP contribution in [-0.4, -0.2) is 29.5 Å². The van der Waals surface area contributed by atoms with Crippen LogP contribution in [0.1, 0.15) is 18.1 Å². The molecule has 1 aromatic rings. The molecule has 0 radical (unpaired) electrons. The minimum absolute atomic E-state index is 0.125. The monoisotopic (exact) mass is 235 g/mol. The largest absolute Gasteiger partial charge is 0.411 e. The Morgan fingerprint density at radius 3 is 2.50 bits per heavy atom. The van der Waals surface area contributed by atoms with Gasteiger partial charge in [-0.2, -0.15) is 13.2 Å². The van der Waals surface area contributed by atoms with Gasteiger partial charge < -0.3 is 9.84 Å². The van der Waals surface area contributed by atoms with Gasteiger partial charge in [0.2, 0.25) is 0 Å². The van der Waals surface area contributed by atoms with Gasteiger partial charge in [-0.3, -0.25) is 4.98 Å². The van der Waals surface area contributed by atoms with Crippen LogP contribution in [0.2, 0.25) is 0 Å². The zero-order chi connectivity index (χ0) is 12.0. The fourth-order valence-corrected chi connectivity index (χ4v) is 1.14. The molecule has 0 aromatic carbocycles. The van der Waals surface area contributed by atoms with Gasteiger partial charge in [0.25, 0.3) is 0 Å². The molecule has 0 aliphatic heterocycles. The van der Waals surface area contributed by atoms with Crippen molar-refractivity contribution >= 4 is 0 Å². The summed E-state index contributed by atoms with van der Waals surface area (Å²) in [7, 11) is 0. The molecule has 90 valence electrons. The van der Waals surface area contributed by atoms with Crippen LogP contribution in [0.25, 0.3) is 0 Å². The van der Waals surface area contributed by atoms with Gasteiger partial charge in [-0.15, -0.1) is 0 Å². The van der Waals surface area contributed by atoms with E-state index < -0.39 is 18.9 Å². The Morgan fingerprint density at radius 1 is 1.31 bits per heavy atom. The zero-order valence-corrected chi connectivity index (χ0v) is 8.44. The van der Waals surface area contributed by atoms with Crippen molar-refractivity contribution in [3.05, 3.63) is 30.1 Å². The lowest BCUT2D eigenvalue weighted by Gasteiger charge is -2.11. The Bertz CT molecular complexity index is 303. The molecule has 0 saturated heterocycles. The van der Waals surface area contributed by atoms with Crippen molar-refractivity contribution < 1.29 is 23.0 Å². The molecule has 0 bridgehead atoms. The highest BCUT2D eigenvalue weighted by molar-refractivity contribution is 5.12. The van der Waals surface area contributed by atoms with Crippen LogP contribution in [0.3, 0.4) is 0 Å². The van der Waals surface area contributed by atoms with Crippen molar-refractivity contribution in [3.8, 4) is 0 Å². The van der Waals surface area contributed by atoms with E-state index in [1.165, 1.54) is 12.4 Å². The van der Waals surface area contributed by atoms with E-state index in [2.05, 4.69) is 9.72 Å². The maximum atomic E-state index is 11.7. The van der Waals surface area contributed by atoms with Crippen LogP contribution in [0, 0.1) is 0 Å². The van der Waals surface area contributed by atoms with E-state index in [9.17, 15) is 18.3 Å². The number of pyridine rings is 1. The number of nitrogens with zero attached hydrogens (tertiary/aromatic N) is 1. The molecule has 0 saturated carbocycles. The van der Waals surface area contributed by atoms with Crippen molar-refractivity contribution in [3.63, 3.8) is 0 Å². The Morgan fingerprint density at radius 2 is 1.94 bits per heavy atom. The van der Waals surface area contributed by atoms with Gasteiger partial charge in [0, 0.05) is 25.4 Å². The van der Waals surface area contributed by atoms with Crippen molar-refractivity contribution in [2.24, 2.45) is 0 Å². The van der Waals surface area contributed by atoms with E-state index in [1.54, 1.807) is 12.1 Å². The van der Waals surface area contributed by atoms with Crippen LogP contribution >= 0.6 is 0 Å². The molecular formula is C10H12F3NO2. The van der Waals surface area contributed by atoms with Crippen molar-refractivity contribution in [2.75, 3.05) is 13.2 Å². The predicted molar refractivity (Wildman–Crippen MR) is 50.7 cm³/mol. The maximum Gasteiger partial charge on any atom is 0.411 e. The molecule has 1 unspecified atom stereocenters. The number of ether oxygens (including phenoxy) is 1. The quantitative estimate of drug-likeness (QED) is 0.794. The van der Waals surface area contributed by atoms with Crippen LogP contribution < -0.4 is 0 Å². The first kappa shape index (κ1) is 12.9. The van der Waals surface area contributed by atoms with Gasteiger partial charge in [0.15, 0.2) is 0 Å². The highest BCUT2D eigenvalue weighted by Crippen LogP contribution is 2.17. The number of aliphatic hydroxyl groups excluding tert-OH is 1. The van der Waals surface area contributed by atoms with Crippen LogP contribution in [0.5, 0.6) is 0 Å². The molecule has 1 rings (SSSR count). The van der Waals surface area contributed by atoms with Crippen LogP contribution in [-0.2, 0) is 4.74 Å². The molecule has 0 fully saturated rings. The Balaban J connectivity index is 2.24. The molecule has 3 nitrogen and oxygen atoms in total. The summed E-state index contributed by atoms with van der Waals surface area (Å²) in [4.78, 5) is 3.77. The summed E-state index contributed by atoms with van der Waals surface area (Å²) in [5.74, 6) is 0. The van der Waals surface area contributed by atoms with Gasteiger partial charge in [-0.25, -0.2) is 0 Å². The first-order valence-corrected chi connectivity index (χ1v) is 4.71. The predicted octanol–water partition coefficient (Wildman–Crippen LogP) is 2.08. The maximum absolute atomic E-state index is 11.7. The number of hydrogen-bond donors (Lipinski definition) is 1. The third-order valence-corrected chi connectivity index (χ3v) is 1.89. The molecule has 1 heterocycles. The van der Waals surface area contributed by atoms with Crippen molar-refractivity contribution in [1.82, 2.24) is 4.98 Å². The Labute approximate surface area is 90.9 Å². The first-order chi connectivity index (χ1) is 7.49. The molecule has 0 spiro atoms. The fraction of sp³-hybridized carbons (Fsp3) is 0.500. The van der Waals surface area contributed by atoms with E-state index >= 15 is 0 Å². The van der Waals surface area contributed by atoms with Gasteiger partial charge >= 0.3 is 6.18 Å². The first-order valence-electron chi connectivity index (χ1n) is 4.71. The third kappa shape index (κ3) is 5.09. The molecule has 6 heteroatoms. The standard InChI is InChI=1S/C10H12F3NO2/c11-10(12,13)7-16-6-3-9(15)8-1-4-14-5-2-8/h1-2,4-5,9,15H,3,6-7H2. The lowest BCUT2D eigenvalue weighted by Crippen LogP contribution is -2.18. The summed E-state index contributed by atoms with van der Waals surface area (Å²) >= 11 is 0. The SMILES string of the molecule is OC(CCOCC(F)(F)F)c1ccncc1. The average Bonchev–Trinajstić information content (AvgIpc) is 2.24. The van der Waals surface area contributed by atoms with Gasteiger partial charge in [0.05, 0.1) is 6.10 Å². The highest BCUT2D eigenvalue weighted by Gasteiger charge is 2.27. The second kappa shape index (κ2) is 5.81. The van der Waals surface area contributed by atoms with E-state index in [-0.39, 0.29) is 13.0 Å². The molecular weight excluding hydrogens is 223 g/mol. The van der Waals surface area contributed by atoms with Gasteiger partial charge in [0.1, 0.15) is 6.61 Å². The Hall–Kier alpha value is -1.14. The number of rotatable bonds is 5. The van der Waals surface area contributed by atoms with E-state index in [0.717, 1.165) is 0 Å². The zero-order valence-electron chi connectivity index (χ0n) is 8.44. The molecule has 1 N–H and O–H groups in total. The van der Waals surface area contributed by atoms with Crippen LogP contribution in [0.15, 0.2) is 24.5 Å². The normalized spacial score (nSPS) is 13.8. The number of alkyl halides is 3. The number of hydrogen-bond acceptors (Lipinski definition) is 3. The van der Waals surface area contributed by atoms with Gasteiger partial charge in [-0.05, 0) is 17.7 Å². The number of halogens is 3. The summed E-state index contributed by atoms with van der Waals surface area (Å²) in [6.45, 7) is -1.42. The van der Waals surface area contributed by atoms with E-state index in [0.29, 0.717) is 5.56 Å². The van der Waals surface area contributed by atoms with Crippen LogP contribution in [0.4, 0.5) is 13.2 Å². The summed E-state index contributed by atoms with van der Waals surface area (Å²) in [6, 6.07) is 3.21. The topological polar surface area (TPSA) is 42.4 Å². The molecule has 0 amide bonds. The number of aliphatic hydroxyl groups is 1. The minimum Gasteiger partial charge on any atom is -0.388 e. The average molecular weight is 235 g/mol. The molecule has 1 atom stereocenters. The lowest BCUT2D eigenvalue weighted by molar-refractivity contribution is -0.175. The number of aromatic nitrogens is 1. The van der Waals surface area contributed by atoms with Gasteiger partial charge in [-0.1, -0.05) is 0 Å². The molecule has 0 aliphatic rings. The smallest absolute Gasteiger partial charge is 0.388 e. The van der Waals surface area contributed by atoms with E-state index in [1.807, 2.05) is 0 Å². The van der Waals surface area contributed by atoms with Crippen molar-refractivity contribution in [1.29, 1.82) is 0 Å². The summed E-state index contributed by atoms with van der Waals surface area (Å²) in [5, 5.41) is 9.56. The Kier molecular flexibility index (Phi) is 4.70. The molecule has 0 aliphatic carbocycles. The molecule has 16 heavy (non-hydrogen) atoms. The second-order valence-corrected chi connectivity index (χ2v) is 3.25. The second-order valence-electron chi connectivity index (χ2n) is 3.25. The molecule has 1 aromatic heterocycles. The highest BCUT2D eigenvalue weighted by atomic mass is 19.4. The lowest BCUT2D eigenvalue weighted by atomic mass is 10.1. The summed E-state index contributed by atoms with van der Waals surface area (Å²) in [6.07, 6.45) is -2.00. The summed E-state index contributed by atoms with van der Waals surface area (Å²) in [5.41, 5.74) is 0.616. The van der Waals surface area contributed by atoms with Crippen molar-refractivity contribution in [2.45, 2.75) is 18.7 Å². The summed E-state index contributed by atoms with van der Waals surface area (Å²) < 4.78 is 39.5. The fourth-order valence-electron chi connectivity index (χ4n) is 1.14.